The molecule has 1 amide bonds. The third-order valence-electron chi connectivity index (χ3n) is 5.05. The molecule has 2 atom stereocenters. The third-order valence-corrected chi connectivity index (χ3v) is 6.16. The molecule has 1 aromatic carbocycles. The van der Waals surface area contributed by atoms with Crippen molar-refractivity contribution in [3.8, 4) is 5.75 Å². The summed E-state index contributed by atoms with van der Waals surface area (Å²) >= 11 is 1.37. The molecule has 1 fully saturated rings. The largest absolute Gasteiger partial charge is 0.496 e. The molecule has 7 heteroatoms. The molecule has 2 aliphatic rings. The average molecular weight is 372 g/mol. The number of hydrogen-bond donors (Lipinski definition) is 1. The van der Waals surface area contributed by atoms with E-state index in [-0.39, 0.29) is 23.4 Å². The Morgan fingerprint density at radius 3 is 2.96 bits per heavy atom. The topological polar surface area (TPSA) is 77.5 Å². The highest BCUT2D eigenvalue weighted by molar-refractivity contribution is 7.22. The number of fused-ring (bicyclic) bond motifs is 2. The van der Waals surface area contributed by atoms with Crippen molar-refractivity contribution in [2.75, 3.05) is 12.4 Å². The zero-order valence-electron chi connectivity index (χ0n) is 14.7. The molecule has 2 aromatic rings. The van der Waals surface area contributed by atoms with Gasteiger partial charge in [0.25, 0.3) is 5.91 Å². The number of Topliss-reactive ketones (excluding diaryl/α,β-unsaturated/α-hetero) is 1. The van der Waals surface area contributed by atoms with E-state index in [2.05, 4.69) is 10.3 Å². The van der Waals surface area contributed by atoms with Gasteiger partial charge in [-0.1, -0.05) is 23.8 Å². The van der Waals surface area contributed by atoms with Crippen LogP contribution in [0.5, 0.6) is 5.75 Å². The first kappa shape index (κ1) is 17.0. The molecule has 0 bridgehead atoms. The van der Waals surface area contributed by atoms with Gasteiger partial charge in [0.15, 0.2) is 10.9 Å². The van der Waals surface area contributed by atoms with E-state index in [1.807, 2.05) is 19.1 Å². The van der Waals surface area contributed by atoms with Crippen LogP contribution >= 0.6 is 11.3 Å². The Kier molecular flexibility index (Phi) is 4.40. The molecule has 6 nitrogen and oxygen atoms in total. The maximum Gasteiger partial charge on any atom is 0.264 e. The van der Waals surface area contributed by atoms with Gasteiger partial charge >= 0.3 is 0 Å². The Hall–Kier alpha value is -2.41. The van der Waals surface area contributed by atoms with Crippen LogP contribution in [0.2, 0.25) is 0 Å². The predicted octanol–water partition coefficient (Wildman–Crippen LogP) is 3.59. The number of carbonyl (C=O) groups is 2. The van der Waals surface area contributed by atoms with Crippen LogP contribution < -0.4 is 10.1 Å². The summed E-state index contributed by atoms with van der Waals surface area (Å²) in [5, 5.41) is 3.19. The summed E-state index contributed by atoms with van der Waals surface area (Å²) in [5.41, 5.74) is 1.84. The number of hydrogen-bond acceptors (Lipinski definition) is 6. The van der Waals surface area contributed by atoms with Gasteiger partial charge in [0.05, 0.1) is 24.0 Å². The minimum atomic E-state index is -0.463. The van der Waals surface area contributed by atoms with E-state index >= 15 is 0 Å². The highest BCUT2D eigenvalue weighted by atomic mass is 32.1. The highest BCUT2D eigenvalue weighted by Crippen LogP contribution is 2.36. The van der Waals surface area contributed by atoms with Crippen molar-refractivity contribution in [3.63, 3.8) is 0 Å². The Bertz CT molecular complexity index is 918. The Morgan fingerprint density at radius 1 is 1.35 bits per heavy atom. The second-order valence-electron chi connectivity index (χ2n) is 6.70. The second-order valence-corrected chi connectivity index (χ2v) is 7.70. The normalized spacial score (nSPS) is 22.4. The molecule has 1 N–H and O–H groups in total. The maximum absolute atomic E-state index is 12.7. The molecule has 136 valence electrons. The number of carbonyl (C=O) groups excluding carboxylic acids is 2. The molecule has 0 spiro atoms. The summed E-state index contributed by atoms with van der Waals surface area (Å²) in [4.78, 5) is 29.8. The first-order chi connectivity index (χ1) is 12.6. The number of thiazole rings is 1. The van der Waals surface area contributed by atoms with Crippen LogP contribution in [-0.2, 0) is 14.3 Å². The smallest absolute Gasteiger partial charge is 0.264 e. The number of anilines is 1. The lowest BCUT2D eigenvalue weighted by Gasteiger charge is -2.33. The summed E-state index contributed by atoms with van der Waals surface area (Å²) in [5.74, 6) is -0.126. The first-order valence-electron chi connectivity index (χ1n) is 8.74. The molecule has 2 heterocycles. The van der Waals surface area contributed by atoms with Crippen LogP contribution in [0.1, 0.15) is 31.2 Å². The highest BCUT2D eigenvalue weighted by Gasteiger charge is 2.39. The van der Waals surface area contributed by atoms with Crippen molar-refractivity contribution < 1.29 is 19.1 Å². The van der Waals surface area contributed by atoms with E-state index in [9.17, 15) is 9.59 Å². The molecule has 1 aromatic heterocycles. The van der Waals surface area contributed by atoms with Crippen molar-refractivity contribution in [1.82, 2.24) is 4.98 Å². The third kappa shape index (κ3) is 2.86. The zero-order chi connectivity index (χ0) is 18.3. The lowest BCUT2D eigenvalue weighted by molar-refractivity contribution is -0.129. The number of amides is 1. The summed E-state index contributed by atoms with van der Waals surface area (Å²) in [6.07, 6.45) is 4.97. The van der Waals surface area contributed by atoms with E-state index in [1.165, 1.54) is 17.6 Å². The van der Waals surface area contributed by atoms with Crippen molar-refractivity contribution in [2.24, 2.45) is 5.92 Å². The summed E-state index contributed by atoms with van der Waals surface area (Å²) in [6.45, 7) is 1.98. The molecule has 26 heavy (non-hydrogen) atoms. The van der Waals surface area contributed by atoms with Crippen molar-refractivity contribution >= 4 is 38.4 Å². The molecule has 1 aliphatic heterocycles. The minimum absolute atomic E-state index is 0.0797. The van der Waals surface area contributed by atoms with E-state index in [4.69, 9.17) is 9.47 Å². The Morgan fingerprint density at radius 2 is 2.15 bits per heavy atom. The lowest BCUT2D eigenvalue weighted by Crippen LogP contribution is -2.39. The summed E-state index contributed by atoms with van der Waals surface area (Å²) < 4.78 is 11.9. The van der Waals surface area contributed by atoms with Crippen molar-refractivity contribution in [3.05, 3.63) is 29.5 Å². The number of nitrogens with zero attached hydrogens (tertiary/aromatic N) is 1. The van der Waals surface area contributed by atoms with Gasteiger partial charge in [0.1, 0.15) is 22.9 Å². The molecule has 0 saturated heterocycles. The number of benzene rings is 1. The van der Waals surface area contributed by atoms with Crippen LogP contribution in [0, 0.1) is 12.8 Å². The summed E-state index contributed by atoms with van der Waals surface area (Å²) in [6, 6.07) is 3.81. The van der Waals surface area contributed by atoms with E-state index < -0.39 is 5.91 Å². The van der Waals surface area contributed by atoms with Gasteiger partial charge in [0, 0.05) is 0 Å². The number of aryl methyl sites for hydroxylation is 1. The maximum atomic E-state index is 12.7. The van der Waals surface area contributed by atoms with Crippen LogP contribution in [0.3, 0.4) is 0 Å². The molecule has 2 unspecified atom stereocenters. The van der Waals surface area contributed by atoms with Crippen LogP contribution in [0.4, 0.5) is 5.13 Å². The number of ketones is 1. The van der Waals surface area contributed by atoms with E-state index in [0.29, 0.717) is 16.4 Å². The molecule has 1 aliphatic carbocycles. The molecule has 1 saturated carbocycles. The summed E-state index contributed by atoms with van der Waals surface area (Å²) in [7, 11) is 1.59. The number of methoxy groups -OCH3 is 1. The Labute approximate surface area is 155 Å². The van der Waals surface area contributed by atoms with Crippen molar-refractivity contribution in [1.29, 1.82) is 0 Å². The van der Waals surface area contributed by atoms with Crippen LogP contribution in [0.15, 0.2) is 24.0 Å². The second kappa shape index (κ2) is 6.72. The average Bonchev–Trinajstić information content (AvgIpc) is 3.07. The fraction of sp³-hybridized carbons (Fsp3) is 0.421. The fourth-order valence-corrected chi connectivity index (χ4v) is 4.58. The Balaban J connectivity index is 1.58. The van der Waals surface area contributed by atoms with Gasteiger partial charge in [-0.3, -0.25) is 14.9 Å². The molecule has 0 radical (unpaired) electrons. The van der Waals surface area contributed by atoms with E-state index in [1.54, 1.807) is 7.11 Å². The minimum Gasteiger partial charge on any atom is -0.496 e. The van der Waals surface area contributed by atoms with Gasteiger partial charge in [0.2, 0.25) is 0 Å². The molecular weight excluding hydrogens is 352 g/mol. The monoisotopic (exact) mass is 372 g/mol. The number of aromatic nitrogens is 1. The number of rotatable bonds is 3. The standard InChI is InChI=1S/C19H20N2O4S/c1-10-7-8-14(24-2)15-17(10)26-19(20-15)21-18(23)12-9-25-13-6-4-3-5-11(13)16(12)22/h7-9,11,13H,3-6H2,1-2H3,(H,20,21,23). The van der Waals surface area contributed by atoms with Gasteiger partial charge in [-0.2, -0.15) is 0 Å². The van der Waals surface area contributed by atoms with Crippen LogP contribution in [0.25, 0.3) is 10.2 Å². The SMILES string of the molecule is COc1ccc(C)c2sc(NC(=O)C3=COC4CCCCC4C3=O)nc12. The van der Waals surface area contributed by atoms with Crippen LogP contribution in [-0.4, -0.2) is 29.9 Å². The quantitative estimate of drug-likeness (QED) is 0.833. The zero-order valence-corrected chi connectivity index (χ0v) is 15.5. The van der Waals surface area contributed by atoms with Crippen molar-refractivity contribution in [2.45, 2.75) is 38.7 Å². The fourth-order valence-electron chi connectivity index (χ4n) is 3.63. The van der Waals surface area contributed by atoms with Gasteiger partial charge in [-0.05, 0) is 37.8 Å². The molecular formula is C19H20N2O4S. The van der Waals surface area contributed by atoms with Gasteiger partial charge in [-0.25, -0.2) is 4.98 Å². The van der Waals surface area contributed by atoms with Gasteiger partial charge < -0.3 is 9.47 Å². The first-order valence-corrected chi connectivity index (χ1v) is 9.55. The number of ether oxygens (including phenoxy) is 2. The van der Waals surface area contributed by atoms with Gasteiger partial charge in [-0.15, -0.1) is 0 Å². The molecule has 4 rings (SSSR count). The predicted molar refractivity (Wildman–Crippen MR) is 99.5 cm³/mol. The van der Waals surface area contributed by atoms with E-state index in [0.717, 1.165) is 35.9 Å². The number of nitrogens with one attached hydrogen (secondary N) is 1. The lowest BCUT2D eigenvalue weighted by atomic mass is 9.80.